The van der Waals surface area contributed by atoms with Gasteiger partial charge in [0.15, 0.2) is 0 Å². The van der Waals surface area contributed by atoms with Gasteiger partial charge < -0.3 is 14.6 Å². The van der Waals surface area contributed by atoms with Crippen molar-refractivity contribution in [3.8, 4) is 0 Å². The lowest BCUT2D eigenvalue weighted by Crippen LogP contribution is -2.13. The van der Waals surface area contributed by atoms with E-state index in [1.807, 2.05) is 12.4 Å². The van der Waals surface area contributed by atoms with Gasteiger partial charge in [0.2, 0.25) is 5.95 Å². The van der Waals surface area contributed by atoms with Crippen molar-refractivity contribution >= 4 is 21.9 Å². The molecule has 0 aliphatic carbocycles. The number of imidazole rings is 1. The van der Waals surface area contributed by atoms with E-state index < -0.39 is 0 Å². The highest BCUT2D eigenvalue weighted by atomic mass is 79.9. The van der Waals surface area contributed by atoms with Crippen molar-refractivity contribution in [2.45, 2.75) is 19.4 Å². The van der Waals surface area contributed by atoms with Crippen LogP contribution in [0.15, 0.2) is 41.1 Å². The standard InChI is InChI=1S/C15H20BrN3O/c1-12(13-4-6-14(16)7-5-13)19-10-9-18-15(19)17-8-3-11-20-2/h4-7,9-10,12H,3,8,11H2,1-2H3,(H,17,18). The number of benzene rings is 1. The minimum absolute atomic E-state index is 0.246. The summed E-state index contributed by atoms with van der Waals surface area (Å²) in [5.41, 5.74) is 1.26. The summed E-state index contributed by atoms with van der Waals surface area (Å²) in [6.07, 6.45) is 4.80. The fourth-order valence-corrected chi connectivity index (χ4v) is 2.35. The Hall–Kier alpha value is -1.33. The van der Waals surface area contributed by atoms with E-state index in [9.17, 15) is 0 Å². The zero-order valence-corrected chi connectivity index (χ0v) is 13.4. The summed E-state index contributed by atoms with van der Waals surface area (Å²) in [6.45, 7) is 3.79. The Labute approximate surface area is 128 Å². The third-order valence-electron chi connectivity index (χ3n) is 3.25. The van der Waals surface area contributed by atoms with E-state index in [0.717, 1.165) is 30.0 Å². The Morgan fingerprint density at radius 1 is 1.35 bits per heavy atom. The van der Waals surface area contributed by atoms with Crippen molar-refractivity contribution in [2.24, 2.45) is 0 Å². The number of nitrogens with one attached hydrogen (secondary N) is 1. The number of anilines is 1. The molecule has 2 rings (SSSR count). The Morgan fingerprint density at radius 2 is 2.10 bits per heavy atom. The number of methoxy groups -OCH3 is 1. The van der Waals surface area contributed by atoms with E-state index in [4.69, 9.17) is 4.74 Å². The van der Waals surface area contributed by atoms with Crippen LogP contribution in [0.4, 0.5) is 5.95 Å². The number of nitrogens with zero attached hydrogens (tertiary/aromatic N) is 2. The Morgan fingerprint density at radius 3 is 2.80 bits per heavy atom. The van der Waals surface area contributed by atoms with E-state index in [1.54, 1.807) is 7.11 Å². The van der Waals surface area contributed by atoms with Crippen molar-refractivity contribution < 1.29 is 4.74 Å². The lowest BCUT2D eigenvalue weighted by molar-refractivity contribution is 0.197. The maximum Gasteiger partial charge on any atom is 0.203 e. The molecule has 0 saturated carbocycles. The van der Waals surface area contributed by atoms with Gasteiger partial charge in [-0.15, -0.1) is 0 Å². The number of ether oxygens (including phenoxy) is 1. The molecule has 20 heavy (non-hydrogen) atoms. The average molecular weight is 338 g/mol. The summed E-state index contributed by atoms with van der Waals surface area (Å²) in [7, 11) is 1.72. The quantitative estimate of drug-likeness (QED) is 0.783. The molecule has 0 aliphatic heterocycles. The van der Waals surface area contributed by atoms with Gasteiger partial charge in [-0.25, -0.2) is 4.98 Å². The van der Waals surface area contributed by atoms with Crippen molar-refractivity contribution in [3.63, 3.8) is 0 Å². The van der Waals surface area contributed by atoms with Gasteiger partial charge in [-0.05, 0) is 31.0 Å². The lowest BCUT2D eigenvalue weighted by Gasteiger charge is -2.17. The van der Waals surface area contributed by atoms with Crippen LogP contribution in [0.5, 0.6) is 0 Å². The van der Waals surface area contributed by atoms with Crippen LogP contribution >= 0.6 is 15.9 Å². The molecule has 5 heteroatoms. The molecular formula is C15H20BrN3O. The molecule has 0 spiro atoms. The molecule has 1 atom stereocenters. The highest BCUT2D eigenvalue weighted by Crippen LogP contribution is 2.23. The second-order valence-corrected chi connectivity index (χ2v) is 5.57. The molecular weight excluding hydrogens is 318 g/mol. The maximum atomic E-state index is 5.05. The summed E-state index contributed by atoms with van der Waals surface area (Å²) in [5, 5.41) is 3.35. The van der Waals surface area contributed by atoms with Crippen LogP contribution in [0.2, 0.25) is 0 Å². The molecule has 1 unspecified atom stereocenters. The number of hydrogen-bond donors (Lipinski definition) is 1. The maximum absolute atomic E-state index is 5.05. The number of rotatable bonds is 7. The lowest BCUT2D eigenvalue weighted by atomic mass is 10.1. The summed E-state index contributed by atoms with van der Waals surface area (Å²) < 4.78 is 8.29. The molecule has 2 aromatic rings. The minimum Gasteiger partial charge on any atom is -0.385 e. The molecule has 0 amide bonds. The van der Waals surface area contributed by atoms with Gasteiger partial charge in [-0.2, -0.15) is 0 Å². The second-order valence-electron chi connectivity index (χ2n) is 4.66. The van der Waals surface area contributed by atoms with Gasteiger partial charge in [0.1, 0.15) is 0 Å². The first kappa shape index (κ1) is 15.1. The molecule has 0 radical (unpaired) electrons. The van der Waals surface area contributed by atoms with Crippen LogP contribution in [0.3, 0.4) is 0 Å². The van der Waals surface area contributed by atoms with Crippen molar-refractivity contribution in [3.05, 3.63) is 46.7 Å². The summed E-state index contributed by atoms with van der Waals surface area (Å²) in [6, 6.07) is 8.63. The van der Waals surface area contributed by atoms with E-state index in [0.29, 0.717) is 0 Å². The fourth-order valence-electron chi connectivity index (χ4n) is 2.08. The van der Waals surface area contributed by atoms with Gasteiger partial charge in [0, 0.05) is 37.1 Å². The molecule has 1 aromatic carbocycles. The van der Waals surface area contributed by atoms with Gasteiger partial charge in [-0.3, -0.25) is 0 Å². The van der Waals surface area contributed by atoms with Crippen molar-refractivity contribution in [1.82, 2.24) is 9.55 Å². The third kappa shape index (κ3) is 3.84. The predicted octanol–water partition coefficient (Wildman–Crippen LogP) is 3.70. The highest BCUT2D eigenvalue weighted by Gasteiger charge is 2.11. The molecule has 4 nitrogen and oxygen atoms in total. The van der Waals surface area contributed by atoms with Gasteiger partial charge in [0.05, 0.1) is 6.04 Å². The van der Waals surface area contributed by atoms with Crippen molar-refractivity contribution in [1.29, 1.82) is 0 Å². The van der Waals surface area contributed by atoms with E-state index >= 15 is 0 Å². The summed E-state index contributed by atoms with van der Waals surface area (Å²) in [4.78, 5) is 4.38. The monoisotopic (exact) mass is 337 g/mol. The zero-order chi connectivity index (χ0) is 14.4. The molecule has 0 aliphatic rings. The minimum atomic E-state index is 0.246. The smallest absolute Gasteiger partial charge is 0.203 e. The Bertz CT molecular complexity index is 524. The van der Waals surface area contributed by atoms with Gasteiger partial charge in [-0.1, -0.05) is 28.1 Å². The normalized spacial score (nSPS) is 12.3. The topological polar surface area (TPSA) is 39.1 Å². The zero-order valence-electron chi connectivity index (χ0n) is 11.8. The highest BCUT2D eigenvalue weighted by molar-refractivity contribution is 9.10. The molecule has 0 fully saturated rings. The number of halogens is 1. The molecule has 0 bridgehead atoms. The summed E-state index contributed by atoms with van der Waals surface area (Å²) in [5.74, 6) is 0.900. The van der Waals surface area contributed by atoms with Gasteiger partial charge >= 0.3 is 0 Å². The SMILES string of the molecule is COCCCNc1nccn1C(C)c1ccc(Br)cc1. The van der Waals surface area contributed by atoms with Crippen LogP contribution < -0.4 is 5.32 Å². The van der Waals surface area contributed by atoms with Crippen LogP contribution in [0.25, 0.3) is 0 Å². The first-order valence-electron chi connectivity index (χ1n) is 6.73. The molecule has 0 saturated heterocycles. The van der Waals surface area contributed by atoms with E-state index in [1.165, 1.54) is 5.56 Å². The molecule has 108 valence electrons. The average Bonchev–Trinajstić information content (AvgIpc) is 2.92. The Kier molecular flexibility index (Phi) is 5.61. The van der Waals surface area contributed by atoms with Crippen LogP contribution in [-0.2, 0) is 4.74 Å². The molecule has 1 heterocycles. The van der Waals surface area contributed by atoms with Crippen LogP contribution in [0.1, 0.15) is 24.9 Å². The van der Waals surface area contributed by atoms with Gasteiger partial charge in [0.25, 0.3) is 0 Å². The second kappa shape index (κ2) is 7.45. The Balaban J connectivity index is 2.04. The predicted molar refractivity (Wildman–Crippen MR) is 85.2 cm³/mol. The largest absolute Gasteiger partial charge is 0.385 e. The first-order chi connectivity index (χ1) is 9.72. The van der Waals surface area contributed by atoms with Crippen LogP contribution in [0, 0.1) is 0 Å². The fraction of sp³-hybridized carbons (Fsp3) is 0.400. The number of hydrogen-bond acceptors (Lipinski definition) is 3. The molecule has 1 aromatic heterocycles. The summed E-state index contributed by atoms with van der Waals surface area (Å²) >= 11 is 3.46. The number of aromatic nitrogens is 2. The first-order valence-corrected chi connectivity index (χ1v) is 7.52. The molecule has 1 N–H and O–H groups in total. The van der Waals surface area contributed by atoms with E-state index in [-0.39, 0.29) is 6.04 Å². The van der Waals surface area contributed by atoms with Crippen LogP contribution in [-0.4, -0.2) is 29.8 Å². The van der Waals surface area contributed by atoms with E-state index in [2.05, 4.69) is 62.0 Å². The van der Waals surface area contributed by atoms with Crippen molar-refractivity contribution in [2.75, 3.05) is 25.6 Å². The third-order valence-corrected chi connectivity index (χ3v) is 3.78.